The minimum Gasteiger partial charge on any atom is -0.489 e. The van der Waals surface area contributed by atoms with Crippen LogP contribution in [0.4, 0.5) is 0 Å². The van der Waals surface area contributed by atoms with Gasteiger partial charge in [-0.25, -0.2) is 0 Å². The molecule has 1 aromatic rings. The first-order chi connectivity index (χ1) is 8.69. The summed E-state index contributed by atoms with van der Waals surface area (Å²) in [6.45, 7) is 4.99. The summed E-state index contributed by atoms with van der Waals surface area (Å²) >= 11 is 0. The van der Waals surface area contributed by atoms with E-state index in [1.807, 2.05) is 26.0 Å². The van der Waals surface area contributed by atoms with Crippen molar-refractivity contribution in [1.82, 2.24) is 10.3 Å². The number of aromatic nitrogens is 1. The first-order valence-electron chi connectivity index (χ1n) is 6.69. The summed E-state index contributed by atoms with van der Waals surface area (Å²) < 4.78 is 5.65. The zero-order valence-corrected chi connectivity index (χ0v) is 11.1. The standard InChI is InChI=1S/C14H22N2O2/c1-3-12(17)9-18-14-7-4-10(2)16-13(14)8-15-11-5-6-11/h4,7,11-12,15,17H,3,5-6,8-9H2,1-2H3. The van der Waals surface area contributed by atoms with E-state index in [2.05, 4.69) is 10.3 Å². The van der Waals surface area contributed by atoms with E-state index >= 15 is 0 Å². The van der Waals surface area contributed by atoms with Crippen LogP contribution in [0.3, 0.4) is 0 Å². The van der Waals surface area contributed by atoms with E-state index in [1.54, 1.807) is 0 Å². The molecule has 1 aliphatic carbocycles. The summed E-state index contributed by atoms with van der Waals surface area (Å²) in [5.41, 5.74) is 1.93. The Morgan fingerprint density at radius 3 is 2.94 bits per heavy atom. The molecule has 0 amide bonds. The van der Waals surface area contributed by atoms with E-state index in [1.165, 1.54) is 12.8 Å². The monoisotopic (exact) mass is 250 g/mol. The Morgan fingerprint density at radius 1 is 1.50 bits per heavy atom. The van der Waals surface area contributed by atoms with Gasteiger partial charge in [0.05, 0.1) is 11.8 Å². The molecule has 0 spiro atoms. The predicted octanol–water partition coefficient (Wildman–Crippen LogP) is 1.79. The third-order valence-corrected chi connectivity index (χ3v) is 3.11. The Morgan fingerprint density at radius 2 is 2.28 bits per heavy atom. The molecule has 1 aliphatic rings. The fourth-order valence-electron chi connectivity index (χ4n) is 1.69. The van der Waals surface area contributed by atoms with Crippen LogP contribution < -0.4 is 10.1 Å². The lowest BCUT2D eigenvalue weighted by Crippen LogP contribution is -2.20. The van der Waals surface area contributed by atoms with Gasteiger partial charge in [0.1, 0.15) is 12.4 Å². The van der Waals surface area contributed by atoms with Gasteiger partial charge in [-0.15, -0.1) is 0 Å². The topological polar surface area (TPSA) is 54.4 Å². The first kappa shape index (κ1) is 13.3. The maximum Gasteiger partial charge on any atom is 0.142 e. The fourth-order valence-corrected chi connectivity index (χ4v) is 1.69. The molecule has 2 N–H and O–H groups in total. The van der Waals surface area contributed by atoms with Crippen LogP contribution in [0.5, 0.6) is 5.75 Å². The Labute approximate surface area is 108 Å². The number of aryl methyl sites for hydroxylation is 1. The van der Waals surface area contributed by atoms with E-state index in [0.29, 0.717) is 19.1 Å². The van der Waals surface area contributed by atoms with Crippen LogP contribution in [0, 0.1) is 6.92 Å². The molecule has 2 rings (SSSR count). The predicted molar refractivity (Wildman–Crippen MR) is 70.6 cm³/mol. The average molecular weight is 250 g/mol. The van der Waals surface area contributed by atoms with Gasteiger partial charge in [-0.05, 0) is 38.3 Å². The Bertz CT molecular complexity index is 391. The highest BCUT2D eigenvalue weighted by Gasteiger charge is 2.21. The Hall–Kier alpha value is -1.13. The number of aliphatic hydroxyl groups excluding tert-OH is 1. The molecular formula is C14H22N2O2. The van der Waals surface area contributed by atoms with Crippen molar-refractivity contribution in [2.24, 2.45) is 0 Å². The van der Waals surface area contributed by atoms with Crippen LogP contribution in [0.1, 0.15) is 37.6 Å². The van der Waals surface area contributed by atoms with Crippen molar-refractivity contribution in [3.8, 4) is 5.75 Å². The van der Waals surface area contributed by atoms with Crippen LogP contribution in [0.15, 0.2) is 12.1 Å². The number of nitrogens with one attached hydrogen (secondary N) is 1. The molecule has 1 heterocycles. The van der Waals surface area contributed by atoms with Crippen LogP contribution in [0.25, 0.3) is 0 Å². The molecule has 18 heavy (non-hydrogen) atoms. The van der Waals surface area contributed by atoms with E-state index in [-0.39, 0.29) is 0 Å². The lowest BCUT2D eigenvalue weighted by atomic mass is 10.2. The van der Waals surface area contributed by atoms with Gasteiger partial charge < -0.3 is 15.2 Å². The van der Waals surface area contributed by atoms with Gasteiger partial charge in [-0.3, -0.25) is 4.98 Å². The molecule has 1 aromatic heterocycles. The van der Waals surface area contributed by atoms with E-state index in [0.717, 1.165) is 23.7 Å². The molecule has 0 saturated heterocycles. The van der Waals surface area contributed by atoms with E-state index in [9.17, 15) is 5.11 Å². The maximum atomic E-state index is 9.53. The lowest BCUT2D eigenvalue weighted by Gasteiger charge is -2.14. The number of hydrogen-bond donors (Lipinski definition) is 2. The molecule has 0 radical (unpaired) electrons. The smallest absolute Gasteiger partial charge is 0.142 e. The minimum absolute atomic E-state index is 0.331. The quantitative estimate of drug-likeness (QED) is 0.774. The molecule has 1 fully saturated rings. The van der Waals surface area contributed by atoms with Crippen molar-refractivity contribution in [1.29, 1.82) is 0 Å². The van der Waals surface area contributed by atoms with Gasteiger partial charge in [0, 0.05) is 18.3 Å². The maximum absolute atomic E-state index is 9.53. The third-order valence-electron chi connectivity index (χ3n) is 3.11. The second kappa shape index (κ2) is 6.16. The molecular weight excluding hydrogens is 228 g/mol. The van der Waals surface area contributed by atoms with Gasteiger partial charge in [-0.2, -0.15) is 0 Å². The summed E-state index contributed by atoms with van der Waals surface area (Å²) in [5, 5.41) is 13.0. The van der Waals surface area contributed by atoms with Crippen LogP contribution in [-0.2, 0) is 6.54 Å². The van der Waals surface area contributed by atoms with Gasteiger partial charge in [-0.1, -0.05) is 6.92 Å². The number of rotatable bonds is 7. The normalized spacial score (nSPS) is 16.6. The number of hydrogen-bond acceptors (Lipinski definition) is 4. The van der Waals surface area contributed by atoms with Crippen molar-refractivity contribution in [2.45, 2.75) is 51.8 Å². The molecule has 100 valence electrons. The van der Waals surface area contributed by atoms with Crippen LogP contribution >= 0.6 is 0 Å². The highest BCUT2D eigenvalue weighted by molar-refractivity contribution is 5.29. The third kappa shape index (κ3) is 3.96. The van der Waals surface area contributed by atoms with Crippen LogP contribution in [0.2, 0.25) is 0 Å². The summed E-state index contributed by atoms with van der Waals surface area (Å²) in [6, 6.07) is 4.53. The number of pyridine rings is 1. The second-order valence-corrected chi connectivity index (χ2v) is 4.93. The number of ether oxygens (including phenoxy) is 1. The minimum atomic E-state index is -0.407. The Balaban J connectivity index is 1.97. The van der Waals surface area contributed by atoms with E-state index in [4.69, 9.17) is 4.74 Å². The molecule has 1 atom stereocenters. The van der Waals surface area contributed by atoms with Crippen molar-refractivity contribution in [2.75, 3.05) is 6.61 Å². The molecule has 0 bridgehead atoms. The van der Waals surface area contributed by atoms with Gasteiger partial charge in [0.2, 0.25) is 0 Å². The Kier molecular flexibility index (Phi) is 4.55. The van der Waals surface area contributed by atoms with Crippen molar-refractivity contribution < 1.29 is 9.84 Å². The lowest BCUT2D eigenvalue weighted by molar-refractivity contribution is 0.103. The summed E-state index contributed by atoms with van der Waals surface area (Å²) in [7, 11) is 0. The summed E-state index contributed by atoms with van der Waals surface area (Å²) in [4.78, 5) is 4.51. The van der Waals surface area contributed by atoms with Crippen LogP contribution in [-0.4, -0.2) is 28.8 Å². The van der Waals surface area contributed by atoms with Gasteiger partial charge >= 0.3 is 0 Å². The largest absolute Gasteiger partial charge is 0.489 e. The molecule has 1 saturated carbocycles. The summed E-state index contributed by atoms with van der Waals surface area (Å²) in [5.74, 6) is 0.779. The number of nitrogens with zero attached hydrogens (tertiary/aromatic N) is 1. The second-order valence-electron chi connectivity index (χ2n) is 4.93. The van der Waals surface area contributed by atoms with Gasteiger partial charge in [0.15, 0.2) is 0 Å². The van der Waals surface area contributed by atoms with Crippen molar-refractivity contribution >= 4 is 0 Å². The average Bonchev–Trinajstić information content (AvgIpc) is 3.18. The fraction of sp³-hybridized carbons (Fsp3) is 0.643. The SMILES string of the molecule is CCC(O)COc1ccc(C)nc1CNC1CC1. The first-order valence-corrected chi connectivity index (χ1v) is 6.69. The van der Waals surface area contributed by atoms with Gasteiger partial charge in [0.25, 0.3) is 0 Å². The molecule has 4 nitrogen and oxygen atoms in total. The highest BCUT2D eigenvalue weighted by atomic mass is 16.5. The highest BCUT2D eigenvalue weighted by Crippen LogP contribution is 2.22. The molecule has 4 heteroatoms. The molecule has 0 aliphatic heterocycles. The summed E-state index contributed by atoms with van der Waals surface area (Å²) in [6.07, 6.45) is 2.82. The molecule has 1 unspecified atom stereocenters. The zero-order valence-electron chi connectivity index (χ0n) is 11.1. The number of aliphatic hydroxyl groups is 1. The zero-order chi connectivity index (χ0) is 13.0. The van der Waals surface area contributed by atoms with Crippen molar-refractivity contribution in [3.05, 3.63) is 23.5 Å². The molecule has 0 aromatic carbocycles. The van der Waals surface area contributed by atoms with Crippen molar-refractivity contribution in [3.63, 3.8) is 0 Å². The van der Waals surface area contributed by atoms with E-state index < -0.39 is 6.10 Å².